The van der Waals surface area contributed by atoms with E-state index < -0.39 is 12.1 Å². The normalized spacial score (nSPS) is 12.1. The molecule has 0 spiro atoms. The summed E-state index contributed by atoms with van der Waals surface area (Å²) in [4.78, 5) is 11.7. The number of rotatable bonds is 5. The van der Waals surface area contributed by atoms with E-state index in [1.165, 1.54) is 0 Å². The summed E-state index contributed by atoms with van der Waals surface area (Å²) in [7, 11) is 0. The van der Waals surface area contributed by atoms with E-state index in [-0.39, 0.29) is 0 Å². The largest absolute Gasteiger partial charge is 0.478 e. The predicted octanol–water partition coefficient (Wildman–Crippen LogP) is 4.53. The lowest BCUT2D eigenvalue weighted by atomic mass is 9.97. The lowest BCUT2D eigenvalue weighted by Crippen LogP contribution is -2.30. The van der Waals surface area contributed by atoms with Crippen molar-refractivity contribution in [1.29, 1.82) is 0 Å². The molecule has 3 nitrogen and oxygen atoms in total. The lowest BCUT2D eigenvalue weighted by molar-refractivity contribution is -0.144. The highest BCUT2D eigenvalue weighted by atomic mass is 16.5. The van der Waals surface area contributed by atoms with Gasteiger partial charge in [-0.25, -0.2) is 4.79 Å². The average molecular weight is 320 g/mol. The van der Waals surface area contributed by atoms with Crippen LogP contribution in [0.15, 0.2) is 60.7 Å². The van der Waals surface area contributed by atoms with E-state index in [1.807, 2.05) is 74.5 Å². The highest BCUT2D eigenvalue weighted by Gasteiger charge is 2.22. The highest BCUT2D eigenvalue weighted by molar-refractivity contribution is 5.88. The van der Waals surface area contributed by atoms with Gasteiger partial charge < -0.3 is 9.84 Å². The first-order chi connectivity index (χ1) is 11.6. The molecule has 0 bridgehead atoms. The number of fused-ring (bicyclic) bond motifs is 1. The van der Waals surface area contributed by atoms with Crippen LogP contribution in [0.2, 0.25) is 0 Å². The molecular formula is C21H20O3. The van der Waals surface area contributed by atoms with Gasteiger partial charge in [0.15, 0.2) is 6.10 Å². The first kappa shape index (κ1) is 16.1. The van der Waals surface area contributed by atoms with Crippen molar-refractivity contribution in [3.63, 3.8) is 0 Å². The fraction of sp³-hybridized carbons (Fsp3) is 0.190. The zero-order chi connectivity index (χ0) is 17.1. The number of benzene rings is 3. The molecule has 0 radical (unpaired) electrons. The first-order valence-corrected chi connectivity index (χ1v) is 7.98. The van der Waals surface area contributed by atoms with E-state index in [4.69, 9.17) is 4.74 Å². The summed E-state index contributed by atoms with van der Waals surface area (Å²) in [6.07, 6.45) is -0.576. The third kappa shape index (κ3) is 3.25. The van der Waals surface area contributed by atoms with E-state index in [0.29, 0.717) is 12.2 Å². The standard InChI is InChI=1S/C21H20O3/c1-14-7-5-8-15(2)18(14)13-20(21(22)23)24-19-12-6-10-16-9-3-4-11-17(16)19/h3-12,20H,13H2,1-2H3,(H,22,23)/t20-/m1/s1. The number of carboxylic acids is 1. The Bertz CT molecular complexity index is 858. The van der Waals surface area contributed by atoms with Crippen LogP contribution < -0.4 is 4.74 Å². The van der Waals surface area contributed by atoms with Gasteiger partial charge in [0.05, 0.1) is 0 Å². The van der Waals surface area contributed by atoms with Crippen LogP contribution in [0.3, 0.4) is 0 Å². The molecule has 0 aliphatic heterocycles. The molecule has 3 aromatic carbocycles. The minimum absolute atomic E-state index is 0.344. The summed E-state index contributed by atoms with van der Waals surface area (Å²) >= 11 is 0. The zero-order valence-corrected chi connectivity index (χ0v) is 13.8. The van der Waals surface area contributed by atoms with E-state index in [2.05, 4.69) is 0 Å². The van der Waals surface area contributed by atoms with Crippen LogP contribution in [0.1, 0.15) is 16.7 Å². The summed E-state index contributed by atoms with van der Waals surface area (Å²) < 4.78 is 5.90. The van der Waals surface area contributed by atoms with Gasteiger partial charge in [0.1, 0.15) is 5.75 Å². The van der Waals surface area contributed by atoms with Gasteiger partial charge in [0.2, 0.25) is 0 Å². The topological polar surface area (TPSA) is 46.5 Å². The second-order valence-corrected chi connectivity index (χ2v) is 6.00. The first-order valence-electron chi connectivity index (χ1n) is 7.98. The van der Waals surface area contributed by atoms with Crippen molar-refractivity contribution < 1.29 is 14.6 Å². The fourth-order valence-corrected chi connectivity index (χ4v) is 2.99. The minimum Gasteiger partial charge on any atom is -0.478 e. The molecule has 3 aromatic rings. The smallest absolute Gasteiger partial charge is 0.345 e. The van der Waals surface area contributed by atoms with Crippen molar-refractivity contribution in [2.24, 2.45) is 0 Å². The van der Waals surface area contributed by atoms with Crippen molar-refractivity contribution in [1.82, 2.24) is 0 Å². The van der Waals surface area contributed by atoms with Crippen LogP contribution in [0, 0.1) is 13.8 Å². The fourth-order valence-electron chi connectivity index (χ4n) is 2.99. The van der Waals surface area contributed by atoms with Crippen molar-refractivity contribution in [2.45, 2.75) is 26.4 Å². The second-order valence-electron chi connectivity index (χ2n) is 6.00. The Kier molecular flexibility index (Phi) is 4.52. The number of hydrogen-bond donors (Lipinski definition) is 1. The zero-order valence-electron chi connectivity index (χ0n) is 13.8. The number of carboxylic acid groups (broad SMARTS) is 1. The average Bonchev–Trinajstić information content (AvgIpc) is 2.57. The Labute approximate surface area is 141 Å². The lowest BCUT2D eigenvalue weighted by Gasteiger charge is -2.19. The number of aliphatic carboxylic acids is 1. The number of hydrogen-bond acceptors (Lipinski definition) is 2. The third-order valence-corrected chi connectivity index (χ3v) is 4.33. The molecule has 0 aliphatic rings. The summed E-state index contributed by atoms with van der Waals surface area (Å²) in [5.41, 5.74) is 3.20. The molecule has 1 N–H and O–H groups in total. The maximum absolute atomic E-state index is 11.7. The van der Waals surface area contributed by atoms with Gasteiger partial charge in [-0.05, 0) is 42.0 Å². The number of ether oxygens (including phenoxy) is 1. The summed E-state index contributed by atoms with van der Waals surface area (Å²) in [5, 5.41) is 11.6. The molecule has 24 heavy (non-hydrogen) atoms. The molecule has 122 valence electrons. The van der Waals surface area contributed by atoms with Gasteiger partial charge in [-0.3, -0.25) is 0 Å². The third-order valence-electron chi connectivity index (χ3n) is 4.33. The molecule has 0 aliphatic carbocycles. The van der Waals surface area contributed by atoms with Gasteiger partial charge in [-0.2, -0.15) is 0 Å². The van der Waals surface area contributed by atoms with Crippen LogP contribution in [0.4, 0.5) is 0 Å². The van der Waals surface area contributed by atoms with Gasteiger partial charge in [0, 0.05) is 11.8 Å². The molecule has 0 fully saturated rings. The Morgan fingerprint density at radius 1 is 0.958 bits per heavy atom. The SMILES string of the molecule is Cc1cccc(C)c1C[C@@H](Oc1cccc2ccccc12)C(=O)O. The van der Waals surface area contributed by atoms with Crippen LogP contribution in [0.25, 0.3) is 10.8 Å². The van der Waals surface area contributed by atoms with Gasteiger partial charge in [-0.15, -0.1) is 0 Å². The Morgan fingerprint density at radius 2 is 1.58 bits per heavy atom. The summed E-state index contributed by atoms with van der Waals surface area (Å²) in [6, 6.07) is 19.5. The molecule has 0 saturated carbocycles. The molecule has 3 heteroatoms. The number of carbonyl (C=O) groups is 1. The molecule has 0 amide bonds. The second kappa shape index (κ2) is 6.75. The molecule has 1 atom stereocenters. The van der Waals surface area contributed by atoms with E-state index in [0.717, 1.165) is 27.5 Å². The molecule has 0 heterocycles. The Balaban J connectivity index is 1.93. The van der Waals surface area contributed by atoms with Crippen LogP contribution in [-0.2, 0) is 11.2 Å². The molecule has 3 rings (SSSR count). The monoisotopic (exact) mass is 320 g/mol. The van der Waals surface area contributed by atoms with Crippen molar-refractivity contribution in [3.8, 4) is 5.75 Å². The molecular weight excluding hydrogens is 300 g/mol. The van der Waals surface area contributed by atoms with Crippen LogP contribution >= 0.6 is 0 Å². The quantitative estimate of drug-likeness (QED) is 0.751. The summed E-state index contributed by atoms with van der Waals surface area (Å²) in [5.74, 6) is -0.350. The molecule has 0 aromatic heterocycles. The van der Waals surface area contributed by atoms with Gasteiger partial charge >= 0.3 is 5.97 Å². The molecule has 0 saturated heterocycles. The van der Waals surface area contributed by atoms with E-state index in [1.54, 1.807) is 0 Å². The van der Waals surface area contributed by atoms with E-state index in [9.17, 15) is 9.90 Å². The number of aryl methyl sites for hydroxylation is 2. The minimum atomic E-state index is -0.953. The van der Waals surface area contributed by atoms with Gasteiger partial charge in [0.25, 0.3) is 0 Å². The van der Waals surface area contributed by atoms with E-state index >= 15 is 0 Å². The van der Waals surface area contributed by atoms with Crippen molar-refractivity contribution >= 4 is 16.7 Å². The Morgan fingerprint density at radius 3 is 2.29 bits per heavy atom. The summed E-state index contributed by atoms with van der Waals surface area (Å²) in [6.45, 7) is 4.00. The maximum atomic E-state index is 11.7. The predicted molar refractivity (Wildman–Crippen MR) is 95.6 cm³/mol. The van der Waals surface area contributed by atoms with Crippen LogP contribution in [0.5, 0.6) is 5.75 Å². The van der Waals surface area contributed by atoms with Gasteiger partial charge in [-0.1, -0.05) is 54.6 Å². The molecule has 0 unspecified atom stereocenters. The highest BCUT2D eigenvalue weighted by Crippen LogP contribution is 2.27. The Hall–Kier alpha value is -2.81. The van der Waals surface area contributed by atoms with Crippen molar-refractivity contribution in [2.75, 3.05) is 0 Å². The maximum Gasteiger partial charge on any atom is 0.345 e. The van der Waals surface area contributed by atoms with Crippen molar-refractivity contribution in [3.05, 3.63) is 77.4 Å². The van der Waals surface area contributed by atoms with Crippen LogP contribution in [-0.4, -0.2) is 17.2 Å².